The number of hydrogen-bond donors (Lipinski definition) is 2. The molecule has 1 amide bonds. The minimum Gasteiger partial charge on any atom is -0.481 e. The monoisotopic (exact) mass is 322 g/mol. The summed E-state index contributed by atoms with van der Waals surface area (Å²) < 4.78 is 5.55. The Balaban J connectivity index is 2.30. The van der Waals surface area contributed by atoms with Gasteiger partial charge in [-0.1, -0.05) is 0 Å². The van der Waals surface area contributed by atoms with Gasteiger partial charge in [-0.25, -0.2) is 0 Å². The first kappa shape index (κ1) is 16.6. The number of likely N-dealkylation sites (N-methyl/N-ethyl adjacent to an activating group) is 1. The Labute approximate surface area is 132 Å². The highest BCUT2D eigenvalue weighted by Gasteiger charge is 2.29. The molecule has 2 N–H and O–H groups in total. The molecule has 0 radical (unpaired) electrons. The molecule has 0 bridgehead atoms. The summed E-state index contributed by atoms with van der Waals surface area (Å²) in [6.07, 6.45) is -0.810. The Bertz CT molecular complexity index is 645. The molecule has 0 saturated carbocycles. The number of carboxylic acid groups (broad SMARTS) is 2. The minimum atomic E-state index is -1.06. The van der Waals surface area contributed by atoms with E-state index in [9.17, 15) is 14.4 Å². The van der Waals surface area contributed by atoms with Gasteiger partial charge in [0.2, 0.25) is 0 Å². The molecule has 8 nitrogen and oxygen atoms in total. The average Bonchev–Trinajstić information content (AvgIpc) is 2.48. The van der Waals surface area contributed by atoms with Gasteiger partial charge in [0.1, 0.15) is 12.3 Å². The van der Waals surface area contributed by atoms with Crippen molar-refractivity contribution >= 4 is 29.2 Å². The summed E-state index contributed by atoms with van der Waals surface area (Å²) in [7, 11) is 1.64. The number of ether oxygens (including phenoxy) is 1. The van der Waals surface area contributed by atoms with Crippen molar-refractivity contribution in [2.24, 2.45) is 0 Å². The van der Waals surface area contributed by atoms with Crippen molar-refractivity contribution in [3.8, 4) is 5.75 Å². The topological polar surface area (TPSA) is 107 Å². The van der Waals surface area contributed by atoms with Crippen LogP contribution in [0.4, 0.5) is 11.4 Å². The zero-order valence-corrected chi connectivity index (χ0v) is 12.9. The van der Waals surface area contributed by atoms with Crippen molar-refractivity contribution in [1.29, 1.82) is 0 Å². The SMILES string of the molecule is CC1Oc2cc(N(CCC(=O)O)CC(=O)O)ccc2N(C)C1=O. The van der Waals surface area contributed by atoms with Gasteiger partial charge in [-0.2, -0.15) is 0 Å². The van der Waals surface area contributed by atoms with Gasteiger partial charge in [-0.3, -0.25) is 14.4 Å². The largest absolute Gasteiger partial charge is 0.481 e. The summed E-state index contributed by atoms with van der Waals surface area (Å²) in [6.45, 7) is 1.37. The van der Waals surface area contributed by atoms with E-state index in [1.807, 2.05) is 0 Å². The highest BCUT2D eigenvalue weighted by atomic mass is 16.5. The van der Waals surface area contributed by atoms with E-state index in [2.05, 4.69) is 0 Å². The van der Waals surface area contributed by atoms with Crippen molar-refractivity contribution in [3.63, 3.8) is 0 Å². The molecular weight excluding hydrogens is 304 g/mol. The van der Waals surface area contributed by atoms with Gasteiger partial charge in [-0.05, 0) is 19.1 Å². The molecule has 1 unspecified atom stereocenters. The van der Waals surface area contributed by atoms with Crippen LogP contribution in [-0.2, 0) is 14.4 Å². The van der Waals surface area contributed by atoms with E-state index in [0.29, 0.717) is 17.1 Å². The number of carbonyl (C=O) groups is 3. The molecular formula is C15H18N2O6. The van der Waals surface area contributed by atoms with Gasteiger partial charge >= 0.3 is 11.9 Å². The fourth-order valence-corrected chi connectivity index (χ4v) is 2.40. The van der Waals surface area contributed by atoms with Crippen LogP contribution < -0.4 is 14.5 Å². The average molecular weight is 322 g/mol. The molecule has 0 spiro atoms. The van der Waals surface area contributed by atoms with Crippen molar-refractivity contribution in [2.75, 3.05) is 29.9 Å². The molecule has 0 aromatic heterocycles. The van der Waals surface area contributed by atoms with Crippen LogP contribution in [-0.4, -0.2) is 54.3 Å². The zero-order chi connectivity index (χ0) is 17.1. The molecule has 8 heteroatoms. The van der Waals surface area contributed by atoms with Crippen molar-refractivity contribution < 1.29 is 29.3 Å². The summed E-state index contributed by atoms with van der Waals surface area (Å²) in [4.78, 5) is 36.5. The Hall–Kier alpha value is -2.77. The van der Waals surface area contributed by atoms with Crippen LogP contribution in [0.5, 0.6) is 5.75 Å². The number of aliphatic carboxylic acids is 2. The maximum atomic E-state index is 11.9. The Morgan fingerprint density at radius 2 is 2.00 bits per heavy atom. The molecule has 1 atom stereocenters. The van der Waals surface area contributed by atoms with E-state index in [1.165, 1.54) is 9.80 Å². The number of carboxylic acids is 2. The van der Waals surface area contributed by atoms with E-state index in [-0.39, 0.29) is 25.4 Å². The highest BCUT2D eigenvalue weighted by molar-refractivity contribution is 5.99. The van der Waals surface area contributed by atoms with Crippen LogP contribution >= 0.6 is 0 Å². The lowest BCUT2D eigenvalue weighted by molar-refractivity contribution is -0.138. The Morgan fingerprint density at radius 1 is 1.30 bits per heavy atom. The van der Waals surface area contributed by atoms with Gasteiger partial charge in [-0.15, -0.1) is 0 Å². The Kier molecular flexibility index (Phi) is 4.73. The zero-order valence-electron chi connectivity index (χ0n) is 12.9. The molecule has 1 aromatic carbocycles. The first-order chi connectivity index (χ1) is 10.8. The number of hydrogen-bond acceptors (Lipinski definition) is 5. The van der Waals surface area contributed by atoms with Crippen molar-refractivity contribution in [2.45, 2.75) is 19.4 Å². The van der Waals surface area contributed by atoms with Gasteiger partial charge in [0.05, 0.1) is 12.1 Å². The molecule has 0 saturated heterocycles. The third-order valence-electron chi connectivity index (χ3n) is 3.57. The van der Waals surface area contributed by atoms with Gasteiger partial charge in [0.25, 0.3) is 5.91 Å². The highest BCUT2D eigenvalue weighted by Crippen LogP contribution is 2.36. The maximum Gasteiger partial charge on any atom is 0.323 e. The summed E-state index contributed by atoms with van der Waals surface area (Å²) in [5.74, 6) is -1.77. The molecule has 0 fully saturated rings. The van der Waals surface area contributed by atoms with Crippen LogP contribution in [0.2, 0.25) is 0 Å². The lowest BCUT2D eigenvalue weighted by atomic mass is 10.1. The molecule has 1 aromatic rings. The molecule has 2 rings (SSSR count). The van der Waals surface area contributed by atoms with Crippen LogP contribution in [0.3, 0.4) is 0 Å². The first-order valence-corrected chi connectivity index (χ1v) is 7.06. The number of nitrogens with zero attached hydrogens (tertiary/aromatic N) is 2. The van der Waals surface area contributed by atoms with E-state index in [0.717, 1.165) is 0 Å². The fourth-order valence-electron chi connectivity index (χ4n) is 2.40. The second-order valence-electron chi connectivity index (χ2n) is 5.27. The van der Waals surface area contributed by atoms with Crippen LogP contribution in [0, 0.1) is 0 Å². The number of benzene rings is 1. The van der Waals surface area contributed by atoms with E-state index >= 15 is 0 Å². The molecule has 1 aliphatic heterocycles. The predicted octanol–water partition coefficient (Wildman–Crippen LogP) is 0.796. The lowest BCUT2D eigenvalue weighted by Crippen LogP contribution is -2.42. The summed E-state index contributed by atoms with van der Waals surface area (Å²) >= 11 is 0. The first-order valence-electron chi connectivity index (χ1n) is 7.06. The molecule has 1 aliphatic rings. The molecule has 23 heavy (non-hydrogen) atoms. The molecule has 1 heterocycles. The smallest absolute Gasteiger partial charge is 0.323 e. The number of rotatable bonds is 6. The van der Waals surface area contributed by atoms with Gasteiger partial charge in [0, 0.05) is 25.3 Å². The normalized spacial score (nSPS) is 16.5. The number of fused-ring (bicyclic) bond motifs is 1. The van der Waals surface area contributed by atoms with Crippen molar-refractivity contribution in [1.82, 2.24) is 0 Å². The Morgan fingerprint density at radius 3 is 2.61 bits per heavy atom. The number of carbonyl (C=O) groups excluding carboxylic acids is 1. The molecule has 124 valence electrons. The third-order valence-corrected chi connectivity index (χ3v) is 3.57. The van der Waals surface area contributed by atoms with Crippen LogP contribution in [0.1, 0.15) is 13.3 Å². The summed E-state index contributed by atoms with van der Waals surface area (Å²) in [5, 5.41) is 17.8. The second kappa shape index (κ2) is 6.55. The minimum absolute atomic E-state index is 0.0603. The second-order valence-corrected chi connectivity index (χ2v) is 5.27. The summed E-state index contributed by atoms with van der Waals surface area (Å²) in [6, 6.07) is 4.93. The van der Waals surface area contributed by atoms with Gasteiger partial charge < -0.3 is 24.7 Å². The van der Waals surface area contributed by atoms with Crippen molar-refractivity contribution in [3.05, 3.63) is 18.2 Å². The quantitative estimate of drug-likeness (QED) is 0.797. The molecule has 0 aliphatic carbocycles. The van der Waals surface area contributed by atoms with Crippen LogP contribution in [0.15, 0.2) is 18.2 Å². The van der Waals surface area contributed by atoms with E-state index in [1.54, 1.807) is 32.2 Å². The standard InChI is InChI=1S/C15H18N2O6/c1-9-15(22)16(2)11-4-3-10(7-12(11)23-9)17(8-14(20)21)6-5-13(18)19/h3-4,7,9H,5-6,8H2,1-2H3,(H,18,19)(H,20,21). The van der Waals surface area contributed by atoms with Crippen LogP contribution in [0.25, 0.3) is 0 Å². The van der Waals surface area contributed by atoms with Gasteiger partial charge in [0.15, 0.2) is 6.10 Å². The van der Waals surface area contributed by atoms with E-state index < -0.39 is 18.0 Å². The maximum absolute atomic E-state index is 11.9. The predicted molar refractivity (Wildman–Crippen MR) is 82.0 cm³/mol. The fraction of sp³-hybridized carbons (Fsp3) is 0.400. The third kappa shape index (κ3) is 3.71. The number of anilines is 2. The van der Waals surface area contributed by atoms with E-state index in [4.69, 9.17) is 14.9 Å². The summed E-state index contributed by atoms with van der Waals surface area (Å²) in [5.41, 5.74) is 1.12. The number of amides is 1. The lowest BCUT2D eigenvalue weighted by Gasteiger charge is -2.31.